The molecule has 2 fully saturated rings. The Morgan fingerprint density at radius 3 is 2.20 bits per heavy atom. The first kappa shape index (κ1) is 15.1. The number of hydrogen-bond donors (Lipinski definition) is 1. The van der Waals surface area contributed by atoms with Crippen LogP contribution in [0.2, 0.25) is 0 Å². The Labute approximate surface area is 121 Å². The van der Waals surface area contributed by atoms with Crippen LogP contribution in [0.5, 0.6) is 0 Å². The molecule has 2 rings (SSSR count). The Balaban J connectivity index is 1.90. The molecule has 1 N–H and O–H groups in total. The van der Waals surface area contributed by atoms with E-state index in [1.54, 1.807) is 19.0 Å². The van der Waals surface area contributed by atoms with Crippen LogP contribution >= 0.6 is 0 Å². The summed E-state index contributed by atoms with van der Waals surface area (Å²) in [6, 6.07) is 0.0302. The van der Waals surface area contributed by atoms with Gasteiger partial charge in [0.15, 0.2) is 0 Å². The molecule has 2 aliphatic heterocycles. The van der Waals surface area contributed by atoms with E-state index < -0.39 is 0 Å². The standard InChI is InChI=1S/C14H26N4O2/c1-14(5-4-6-15-11-14)12(19)17-7-9-18(10-8-17)13(20)16(2)3/h15H,4-11H2,1-3H3. The number of carbonyl (C=O) groups excluding carboxylic acids is 2. The van der Waals surface area contributed by atoms with Gasteiger partial charge in [0.2, 0.25) is 5.91 Å². The average Bonchev–Trinajstić information content (AvgIpc) is 2.46. The molecule has 2 saturated heterocycles. The van der Waals surface area contributed by atoms with Gasteiger partial charge in [-0.25, -0.2) is 4.79 Å². The first-order chi connectivity index (χ1) is 9.44. The monoisotopic (exact) mass is 282 g/mol. The summed E-state index contributed by atoms with van der Waals surface area (Å²) < 4.78 is 0. The van der Waals surface area contributed by atoms with Gasteiger partial charge in [-0.15, -0.1) is 0 Å². The maximum atomic E-state index is 12.7. The molecule has 0 spiro atoms. The van der Waals surface area contributed by atoms with E-state index >= 15 is 0 Å². The molecule has 6 heteroatoms. The number of rotatable bonds is 1. The van der Waals surface area contributed by atoms with E-state index in [1.165, 1.54) is 0 Å². The second-order valence-electron chi connectivity index (χ2n) is 6.30. The Bertz CT molecular complexity index is 369. The Hall–Kier alpha value is -1.30. The lowest BCUT2D eigenvalue weighted by Crippen LogP contribution is -2.57. The van der Waals surface area contributed by atoms with E-state index in [4.69, 9.17) is 0 Å². The second kappa shape index (κ2) is 5.99. The highest BCUT2D eigenvalue weighted by Gasteiger charge is 2.38. The molecule has 20 heavy (non-hydrogen) atoms. The highest BCUT2D eigenvalue weighted by Crippen LogP contribution is 2.28. The van der Waals surface area contributed by atoms with Gasteiger partial charge in [0.1, 0.15) is 0 Å². The van der Waals surface area contributed by atoms with Gasteiger partial charge >= 0.3 is 6.03 Å². The molecular weight excluding hydrogens is 256 g/mol. The minimum Gasteiger partial charge on any atom is -0.339 e. The van der Waals surface area contributed by atoms with E-state index in [2.05, 4.69) is 12.2 Å². The van der Waals surface area contributed by atoms with Gasteiger partial charge < -0.3 is 20.0 Å². The molecule has 1 atom stereocenters. The van der Waals surface area contributed by atoms with Crippen LogP contribution < -0.4 is 5.32 Å². The summed E-state index contributed by atoms with van der Waals surface area (Å²) in [5.41, 5.74) is -0.272. The van der Waals surface area contributed by atoms with Crippen LogP contribution in [-0.2, 0) is 4.79 Å². The van der Waals surface area contributed by atoms with Crippen molar-refractivity contribution >= 4 is 11.9 Å². The number of nitrogens with zero attached hydrogens (tertiary/aromatic N) is 3. The predicted octanol–water partition coefficient (Wildman–Crippen LogP) is 0.202. The van der Waals surface area contributed by atoms with Crippen molar-refractivity contribution in [2.24, 2.45) is 5.41 Å². The van der Waals surface area contributed by atoms with E-state index in [-0.39, 0.29) is 17.4 Å². The molecule has 0 radical (unpaired) electrons. The van der Waals surface area contributed by atoms with Crippen molar-refractivity contribution in [3.05, 3.63) is 0 Å². The molecular formula is C14H26N4O2. The molecule has 0 aromatic heterocycles. The van der Waals surface area contributed by atoms with Crippen molar-refractivity contribution in [1.82, 2.24) is 20.0 Å². The van der Waals surface area contributed by atoms with Crippen molar-refractivity contribution in [1.29, 1.82) is 0 Å². The van der Waals surface area contributed by atoms with Crippen LogP contribution in [0.3, 0.4) is 0 Å². The van der Waals surface area contributed by atoms with E-state index in [1.807, 2.05) is 9.80 Å². The maximum absolute atomic E-state index is 12.7. The topological polar surface area (TPSA) is 55.9 Å². The molecule has 0 aliphatic carbocycles. The quantitative estimate of drug-likeness (QED) is 0.747. The van der Waals surface area contributed by atoms with Crippen molar-refractivity contribution < 1.29 is 9.59 Å². The molecule has 2 aliphatic rings. The van der Waals surface area contributed by atoms with Crippen molar-refractivity contribution in [3.8, 4) is 0 Å². The zero-order valence-electron chi connectivity index (χ0n) is 12.8. The van der Waals surface area contributed by atoms with Gasteiger partial charge in [-0.05, 0) is 26.3 Å². The summed E-state index contributed by atoms with van der Waals surface area (Å²) in [5.74, 6) is 0.238. The number of urea groups is 1. The van der Waals surface area contributed by atoms with Gasteiger partial charge in [0, 0.05) is 46.8 Å². The highest BCUT2D eigenvalue weighted by atomic mass is 16.2. The van der Waals surface area contributed by atoms with E-state index in [0.717, 1.165) is 25.9 Å². The summed E-state index contributed by atoms with van der Waals surface area (Å²) >= 11 is 0. The Kier molecular flexibility index (Phi) is 4.52. The van der Waals surface area contributed by atoms with Crippen LogP contribution in [0, 0.1) is 5.41 Å². The molecule has 1 unspecified atom stereocenters. The van der Waals surface area contributed by atoms with Gasteiger partial charge in [-0.2, -0.15) is 0 Å². The zero-order valence-corrected chi connectivity index (χ0v) is 12.8. The largest absolute Gasteiger partial charge is 0.339 e. The first-order valence-electron chi connectivity index (χ1n) is 7.40. The van der Waals surface area contributed by atoms with Crippen LogP contribution in [0.15, 0.2) is 0 Å². The van der Waals surface area contributed by atoms with Gasteiger partial charge in [-0.1, -0.05) is 0 Å². The van der Waals surface area contributed by atoms with Crippen LogP contribution in [0.4, 0.5) is 4.79 Å². The second-order valence-corrected chi connectivity index (χ2v) is 6.30. The Morgan fingerprint density at radius 1 is 1.10 bits per heavy atom. The molecule has 3 amide bonds. The summed E-state index contributed by atoms with van der Waals surface area (Å²) in [6.07, 6.45) is 2.01. The third-order valence-electron chi connectivity index (χ3n) is 4.33. The Morgan fingerprint density at radius 2 is 1.70 bits per heavy atom. The van der Waals surface area contributed by atoms with Crippen molar-refractivity contribution in [2.75, 3.05) is 53.4 Å². The first-order valence-corrected chi connectivity index (χ1v) is 7.40. The third-order valence-corrected chi connectivity index (χ3v) is 4.33. The summed E-state index contributed by atoms with van der Waals surface area (Å²) in [7, 11) is 3.52. The fourth-order valence-electron chi connectivity index (χ4n) is 3.00. The lowest BCUT2D eigenvalue weighted by Gasteiger charge is -2.41. The third kappa shape index (κ3) is 3.06. The van der Waals surface area contributed by atoms with E-state index in [9.17, 15) is 9.59 Å². The van der Waals surface area contributed by atoms with Crippen LogP contribution in [0.1, 0.15) is 19.8 Å². The molecule has 6 nitrogen and oxygen atoms in total. The van der Waals surface area contributed by atoms with Crippen LogP contribution in [0.25, 0.3) is 0 Å². The fraction of sp³-hybridized carbons (Fsp3) is 0.857. The van der Waals surface area contributed by atoms with Crippen molar-refractivity contribution in [3.63, 3.8) is 0 Å². The number of hydrogen-bond acceptors (Lipinski definition) is 3. The molecule has 0 bridgehead atoms. The molecule has 0 saturated carbocycles. The number of carbonyl (C=O) groups is 2. The van der Waals surface area contributed by atoms with Gasteiger partial charge in [0.25, 0.3) is 0 Å². The molecule has 0 aromatic rings. The minimum atomic E-state index is -0.272. The van der Waals surface area contributed by atoms with Crippen LogP contribution in [-0.4, -0.2) is 80.0 Å². The normalized spacial score (nSPS) is 27.4. The summed E-state index contributed by atoms with van der Waals surface area (Å²) in [4.78, 5) is 29.9. The zero-order chi connectivity index (χ0) is 14.8. The minimum absolute atomic E-state index is 0.0302. The SMILES string of the molecule is CN(C)C(=O)N1CCN(C(=O)C2(C)CCCNC2)CC1. The molecule has 2 heterocycles. The summed E-state index contributed by atoms with van der Waals surface area (Å²) in [5, 5.41) is 3.32. The molecule has 114 valence electrons. The fourth-order valence-corrected chi connectivity index (χ4v) is 3.00. The predicted molar refractivity (Wildman–Crippen MR) is 77.4 cm³/mol. The van der Waals surface area contributed by atoms with Gasteiger partial charge in [-0.3, -0.25) is 4.79 Å². The smallest absolute Gasteiger partial charge is 0.319 e. The number of piperidine rings is 1. The van der Waals surface area contributed by atoms with Crippen molar-refractivity contribution in [2.45, 2.75) is 19.8 Å². The average molecular weight is 282 g/mol. The maximum Gasteiger partial charge on any atom is 0.319 e. The van der Waals surface area contributed by atoms with Gasteiger partial charge in [0.05, 0.1) is 5.41 Å². The lowest BCUT2D eigenvalue weighted by molar-refractivity contribution is -0.143. The molecule has 0 aromatic carbocycles. The highest BCUT2D eigenvalue weighted by molar-refractivity contribution is 5.83. The number of piperazine rings is 1. The summed E-state index contributed by atoms with van der Waals surface area (Å²) in [6.45, 7) is 6.38. The number of nitrogens with one attached hydrogen (secondary N) is 1. The lowest BCUT2D eigenvalue weighted by atomic mass is 9.81. The van der Waals surface area contributed by atoms with E-state index in [0.29, 0.717) is 26.2 Å². The number of amides is 3.